The monoisotopic (exact) mass is 349 g/mol. The first-order valence-electron chi connectivity index (χ1n) is 8.84. The molecule has 1 aromatic rings. The number of piperidine rings is 1. The molecule has 1 saturated heterocycles. The maximum Gasteiger partial charge on any atom is 0.306 e. The number of carboxylic acids is 1. The third-order valence-corrected chi connectivity index (χ3v) is 5.67. The van der Waals surface area contributed by atoms with Gasteiger partial charge in [0.15, 0.2) is 11.5 Å². The largest absolute Gasteiger partial charge is 0.493 e. The minimum Gasteiger partial charge on any atom is -0.493 e. The number of rotatable bonds is 5. The predicted molar refractivity (Wildman–Crippen MR) is 93.1 cm³/mol. The Morgan fingerprint density at radius 3 is 2.64 bits per heavy atom. The number of hydrogen-bond donors (Lipinski definition) is 2. The second-order valence-electron chi connectivity index (χ2n) is 7.20. The van der Waals surface area contributed by atoms with E-state index in [9.17, 15) is 9.90 Å². The van der Waals surface area contributed by atoms with E-state index in [1.165, 1.54) is 11.1 Å². The van der Waals surface area contributed by atoms with Gasteiger partial charge in [-0.05, 0) is 48.4 Å². The van der Waals surface area contributed by atoms with Gasteiger partial charge in [0.2, 0.25) is 0 Å². The molecule has 2 heterocycles. The van der Waals surface area contributed by atoms with E-state index in [1.54, 1.807) is 21.1 Å². The summed E-state index contributed by atoms with van der Waals surface area (Å²) in [4.78, 5) is 13.5. The molecule has 138 valence electrons. The number of nitrogens with zero attached hydrogens (tertiary/aromatic N) is 1. The molecule has 25 heavy (non-hydrogen) atoms. The lowest BCUT2D eigenvalue weighted by atomic mass is 9.79. The highest BCUT2D eigenvalue weighted by molar-refractivity contribution is 5.69. The topological polar surface area (TPSA) is 79.2 Å². The molecule has 2 N–H and O–H groups in total. The molecule has 0 unspecified atom stereocenters. The minimum atomic E-state index is -0.796. The number of aliphatic carboxylic acids is 1. The van der Waals surface area contributed by atoms with Crippen molar-refractivity contribution >= 4 is 5.97 Å². The molecule has 6 nitrogen and oxygen atoms in total. The van der Waals surface area contributed by atoms with Crippen molar-refractivity contribution in [2.75, 3.05) is 27.3 Å². The predicted octanol–water partition coefficient (Wildman–Crippen LogP) is 2.09. The number of aliphatic hydroxyl groups excluding tert-OH is 1. The highest BCUT2D eigenvalue weighted by Crippen LogP contribution is 2.43. The fourth-order valence-electron chi connectivity index (χ4n) is 4.21. The Hall–Kier alpha value is -1.79. The molecule has 0 amide bonds. The van der Waals surface area contributed by atoms with E-state index < -0.39 is 18.0 Å². The van der Waals surface area contributed by atoms with Crippen molar-refractivity contribution in [2.24, 2.45) is 11.8 Å². The van der Waals surface area contributed by atoms with Crippen LogP contribution in [0.4, 0.5) is 0 Å². The summed E-state index contributed by atoms with van der Waals surface area (Å²) in [6.07, 6.45) is 1.57. The Balaban J connectivity index is 1.82. The Morgan fingerprint density at radius 1 is 1.32 bits per heavy atom. The van der Waals surface area contributed by atoms with Crippen LogP contribution in [0.2, 0.25) is 0 Å². The summed E-state index contributed by atoms with van der Waals surface area (Å²) in [6, 6.07) is 4.21. The Bertz CT molecular complexity index is 647. The van der Waals surface area contributed by atoms with Crippen molar-refractivity contribution in [3.8, 4) is 11.5 Å². The summed E-state index contributed by atoms with van der Waals surface area (Å²) in [6.45, 7) is 3.36. The van der Waals surface area contributed by atoms with Gasteiger partial charge in [-0.3, -0.25) is 9.69 Å². The van der Waals surface area contributed by atoms with E-state index in [-0.39, 0.29) is 12.0 Å². The van der Waals surface area contributed by atoms with Crippen LogP contribution in [0.3, 0.4) is 0 Å². The molecule has 3 rings (SSSR count). The minimum absolute atomic E-state index is 0.00374. The van der Waals surface area contributed by atoms with Gasteiger partial charge in [0.1, 0.15) is 0 Å². The number of fused-ring (bicyclic) bond motifs is 3. The number of carbonyl (C=O) groups is 1. The van der Waals surface area contributed by atoms with Gasteiger partial charge in [-0.25, -0.2) is 0 Å². The lowest BCUT2D eigenvalue weighted by Gasteiger charge is -2.46. The molecule has 0 aliphatic carbocycles. The first kappa shape index (κ1) is 18.0. The molecule has 0 aromatic heterocycles. The summed E-state index contributed by atoms with van der Waals surface area (Å²) in [5, 5.41) is 19.8. The third-order valence-electron chi connectivity index (χ3n) is 5.67. The van der Waals surface area contributed by atoms with Crippen LogP contribution in [0, 0.1) is 11.8 Å². The summed E-state index contributed by atoms with van der Waals surface area (Å²) < 4.78 is 10.8. The first-order chi connectivity index (χ1) is 11.9. The molecule has 1 aromatic carbocycles. The van der Waals surface area contributed by atoms with Gasteiger partial charge in [-0.15, -0.1) is 0 Å². The zero-order chi connectivity index (χ0) is 18.1. The van der Waals surface area contributed by atoms with Crippen molar-refractivity contribution in [3.63, 3.8) is 0 Å². The molecule has 4 atom stereocenters. The number of hydrogen-bond acceptors (Lipinski definition) is 5. The average Bonchev–Trinajstić information content (AvgIpc) is 2.60. The van der Waals surface area contributed by atoms with Gasteiger partial charge < -0.3 is 19.7 Å². The van der Waals surface area contributed by atoms with Gasteiger partial charge in [0.05, 0.1) is 26.2 Å². The van der Waals surface area contributed by atoms with E-state index in [0.717, 1.165) is 25.3 Å². The van der Waals surface area contributed by atoms with E-state index in [2.05, 4.69) is 4.90 Å². The number of methoxy groups -OCH3 is 2. The Labute approximate surface area is 148 Å². The average molecular weight is 349 g/mol. The second-order valence-corrected chi connectivity index (χ2v) is 7.20. The molecule has 1 fully saturated rings. The number of carboxylic acid groups (broad SMARTS) is 1. The van der Waals surface area contributed by atoms with E-state index in [1.807, 2.05) is 12.1 Å². The van der Waals surface area contributed by atoms with Crippen LogP contribution in [-0.4, -0.2) is 54.5 Å². The van der Waals surface area contributed by atoms with Crippen LogP contribution in [0.5, 0.6) is 11.5 Å². The van der Waals surface area contributed by atoms with Gasteiger partial charge in [0.25, 0.3) is 0 Å². The second kappa shape index (κ2) is 7.22. The molecule has 2 aliphatic rings. The van der Waals surface area contributed by atoms with Crippen molar-refractivity contribution in [1.82, 2.24) is 4.90 Å². The quantitative estimate of drug-likeness (QED) is 0.847. The van der Waals surface area contributed by atoms with Crippen LogP contribution in [0.25, 0.3) is 0 Å². The van der Waals surface area contributed by atoms with Crippen molar-refractivity contribution < 1.29 is 24.5 Å². The fourth-order valence-corrected chi connectivity index (χ4v) is 4.21. The van der Waals surface area contributed by atoms with Crippen molar-refractivity contribution in [3.05, 3.63) is 23.3 Å². The van der Waals surface area contributed by atoms with Crippen molar-refractivity contribution in [1.29, 1.82) is 0 Å². The fraction of sp³-hybridized carbons (Fsp3) is 0.632. The lowest BCUT2D eigenvalue weighted by Crippen LogP contribution is -2.48. The lowest BCUT2D eigenvalue weighted by molar-refractivity contribution is -0.142. The zero-order valence-corrected chi connectivity index (χ0v) is 15.1. The molecular weight excluding hydrogens is 322 g/mol. The van der Waals surface area contributed by atoms with E-state index in [0.29, 0.717) is 18.6 Å². The maximum atomic E-state index is 11.1. The van der Waals surface area contributed by atoms with E-state index >= 15 is 0 Å². The third kappa shape index (κ3) is 3.46. The molecule has 0 saturated carbocycles. The smallest absolute Gasteiger partial charge is 0.306 e. The summed E-state index contributed by atoms with van der Waals surface area (Å²) in [7, 11) is 3.27. The van der Waals surface area contributed by atoms with Gasteiger partial charge >= 0.3 is 5.97 Å². The summed E-state index contributed by atoms with van der Waals surface area (Å²) >= 11 is 0. The van der Waals surface area contributed by atoms with Crippen molar-refractivity contribution in [2.45, 2.75) is 38.3 Å². The van der Waals surface area contributed by atoms with E-state index in [4.69, 9.17) is 14.6 Å². The molecule has 0 bridgehead atoms. The maximum absolute atomic E-state index is 11.1. The SMILES string of the molecule is COc1cc2c(cc1OC)[C@@H]1C[C@@H](O)[C@@H](C[C@@H](C)C(=O)O)CN1CC2. The van der Waals surface area contributed by atoms with Crippen LogP contribution in [-0.2, 0) is 11.2 Å². The number of aliphatic hydroxyl groups is 1. The number of ether oxygens (including phenoxy) is 2. The number of benzene rings is 1. The Kier molecular flexibility index (Phi) is 5.20. The molecule has 0 spiro atoms. The van der Waals surface area contributed by atoms with Crippen LogP contribution >= 0.6 is 0 Å². The Morgan fingerprint density at radius 2 is 2.00 bits per heavy atom. The molecule has 6 heteroatoms. The highest BCUT2D eigenvalue weighted by atomic mass is 16.5. The summed E-state index contributed by atoms with van der Waals surface area (Å²) in [5.74, 6) is 0.218. The standard InChI is InChI=1S/C19H27NO5/c1-11(19(22)23)6-13-10-20-5-4-12-7-17(24-2)18(25-3)8-14(12)15(20)9-16(13)21/h7-8,11,13,15-16,21H,4-6,9-10H2,1-3H3,(H,22,23)/t11-,13+,15+,16-/m1/s1. The first-order valence-corrected chi connectivity index (χ1v) is 8.84. The van der Waals surface area contributed by atoms with Crippen LogP contribution in [0.1, 0.15) is 36.9 Å². The molecular formula is C19H27NO5. The van der Waals surface area contributed by atoms with Crippen LogP contribution < -0.4 is 9.47 Å². The van der Waals surface area contributed by atoms with Gasteiger partial charge in [0, 0.05) is 19.1 Å². The molecule has 2 aliphatic heterocycles. The highest BCUT2D eigenvalue weighted by Gasteiger charge is 2.39. The summed E-state index contributed by atoms with van der Waals surface area (Å²) in [5.41, 5.74) is 2.43. The molecule has 0 radical (unpaired) electrons. The van der Waals surface area contributed by atoms with Gasteiger partial charge in [-0.2, -0.15) is 0 Å². The normalized spacial score (nSPS) is 27.1. The van der Waals surface area contributed by atoms with Gasteiger partial charge in [-0.1, -0.05) is 6.92 Å². The zero-order valence-electron chi connectivity index (χ0n) is 15.1. The van der Waals surface area contributed by atoms with Crippen LogP contribution in [0.15, 0.2) is 12.1 Å².